The van der Waals surface area contributed by atoms with Gasteiger partial charge in [0, 0.05) is 30.8 Å². The number of carbonyl (C=O) groups is 1. The molecular formula is C25H28F2N2O4S. The summed E-state index contributed by atoms with van der Waals surface area (Å²) in [7, 11) is -3.59. The van der Waals surface area contributed by atoms with Gasteiger partial charge in [0.1, 0.15) is 11.6 Å². The quantitative estimate of drug-likeness (QED) is 0.551. The summed E-state index contributed by atoms with van der Waals surface area (Å²) in [6, 6.07) is 9.91. The summed E-state index contributed by atoms with van der Waals surface area (Å²) in [6.07, 6.45) is 6.50. The Morgan fingerprint density at radius 1 is 1.03 bits per heavy atom. The molecule has 182 valence electrons. The zero-order valence-corrected chi connectivity index (χ0v) is 19.6. The van der Waals surface area contributed by atoms with Gasteiger partial charge in [-0.2, -0.15) is 4.31 Å². The highest BCUT2D eigenvalue weighted by atomic mass is 32.2. The van der Waals surface area contributed by atoms with Crippen molar-refractivity contribution in [2.24, 2.45) is 0 Å². The van der Waals surface area contributed by atoms with E-state index in [1.165, 1.54) is 45.6 Å². The summed E-state index contributed by atoms with van der Waals surface area (Å²) < 4.78 is 60.6. The number of ether oxygens (including phenoxy) is 1. The molecule has 0 N–H and O–H groups in total. The highest BCUT2D eigenvalue weighted by Gasteiger charge is 2.28. The van der Waals surface area contributed by atoms with Crippen molar-refractivity contribution in [3.05, 3.63) is 71.3 Å². The van der Waals surface area contributed by atoms with Crippen LogP contribution in [0.4, 0.5) is 8.78 Å². The minimum atomic E-state index is -3.59. The van der Waals surface area contributed by atoms with Crippen LogP contribution in [0.15, 0.2) is 53.4 Å². The number of sulfonamides is 1. The first-order valence-electron chi connectivity index (χ1n) is 11.5. The first-order valence-corrected chi connectivity index (χ1v) is 12.9. The Hall–Kier alpha value is -2.62. The molecule has 2 aromatic rings. The Balaban J connectivity index is 1.49. The molecule has 2 fully saturated rings. The fourth-order valence-corrected chi connectivity index (χ4v) is 5.81. The molecule has 0 atom stereocenters. The molecule has 1 amide bonds. The van der Waals surface area contributed by atoms with Gasteiger partial charge in [-0.05, 0) is 48.7 Å². The van der Waals surface area contributed by atoms with Gasteiger partial charge in [0.05, 0.1) is 24.7 Å². The third kappa shape index (κ3) is 5.54. The van der Waals surface area contributed by atoms with Gasteiger partial charge in [-0.15, -0.1) is 0 Å². The monoisotopic (exact) mass is 490 g/mol. The Morgan fingerprint density at radius 3 is 2.26 bits per heavy atom. The van der Waals surface area contributed by atoms with E-state index in [1.54, 1.807) is 18.2 Å². The summed E-state index contributed by atoms with van der Waals surface area (Å²) in [5.74, 6) is -1.67. The van der Waals surface area contributed by atoms with Crippen LogP contribution in [0.1, 0.15) is 36.8 Å². The van der Waals surface area contributed by atoms with Gasteiger partial charge in [0.2, 0.25) is 15.9 Å². The predicted octanol–water partition coefficient (Wildman–Crippen LogP) is 3.97. The van der Waals surface area contributed by atoms with Crippen molar-refractivity contribution in [2.75, 3.05) is 26.3 Å². The molecule has 6 nitrogen and oxygen atoms in total. The Bertz CT molecular complexity index is 1120. The Morgan fingerprint density at radius 2 is 1.65 bits per heavy atom. The van der Waals surface area contributed by atoms with Crippen molar-refractivity contribution >= 4 is 22.0 Å². The first kappa shape index (κ1) is 24.5. The van der Waals surface area contributed by atoms with Crippen molar-refractivity contribution in [1.29, 1.82) is 0 Å². The Kier molecular flexibility index (Phi) is 7.75. The number of carbonyl (C=O) groups excluding carboxylic acids is 1. The van der Waals surface area contributed by atoms with Gasteiger partial charge in [-0.25, -0.2) is 17.2 Å². The lowest BCUT2D eigenvalue weighted by Gasteiger charge is -2.28. The topological polar surface area (TPSA) is 66.9 Å². The van der Waals surface area contributed by atoms with Crippen molar-refractivity contribution in [3.8, 4) is 0 Å². The van der Waals surface area contributed by atoms with E-state index in [2.05, 4.69) is 0 Å². The second-order valence-corrected chi connectivity index (χ2v) is 10.5. The highest BCUT2D eigenvalue weighted by molar-refractivity contribution is 7.89. The second kappa shape index (κ2) is 10.8. The first-order chi connectivity index (χ1) is 16.4. The maximum Gasteiger partial charge on any atom is 0.247 e. The van der Waals surface area contributed by atoms with E-state index < -0.39 is 21.7 Å². The van der Waals surface area contributed by atoms with Crippen molar-refractivity contribution < 1.29 is 26.7 Å². The molecule has 4 rings (SSSR count). The lowest BCUT2D eigenvalue weighted by Crippen LogP contribution is -2.40. The number of amides is 1. The molecular weight excluding hydrogens is 462 g/mol. The number of nitrogens with zero attached hydrogens (tertiary/aromatic N) is 2. The summed E-state index contributed by atoms with van der Waals surface area (Å²) in [6.45, 7) is 1.24. The molecule has 0 spiro atoms. The summed E-state index contributed by atoms with van der Waals surface area (Å²) >= 11 is 0. The zero-order valence-electron chi connectivity index (χ0n) is 18.8. The third-order valence-electron chi connectivity index (χ3n) is 6.34. The largest absolute Gasteiger partial charge is 0.379 e. The number of benzene rings is 2. The van der Waals surface area contributed by atoms with Gasteiger partial charge in [0.15, 0.2) is 0 Å². The van der Waals surface area contributed by atoms with Gasteiger partial charge in [-0.3, -0.25) is 4.79 Å². The maximum atomic E-state index is 14.2. The van der Waals surface area contributed by atoms with Crippen LogP contribution in [-0.4, -0.2) is 55.9 Å². The van der Waals surface area contributed by atoms with Gasteiger partial charge >= 0.3 is 0 Å². The van der Waals surface area contributed by atoms with Crippen LogP contribution in [0, 0.1) is 11.6 Å². The number of rotatable bonds is 7. The molecule has 0 aromatic heterocycles. The minimum absolute atomic E-state index is 0.0720. The normalized spacial score (nSPS) is 17.9. The van der Waals surface area contributed by atoms with Crippen molar-refractivity contribution in [1.82, 2.24) is 9.21 Å². The van der Waals surface area contributed by atoms with E-state index >= 15 is 0 Å². The minimum Gasteiger partial charge on any atom is -0.379 e. The molecule has 2 aromatic carbocycles. The second-order valence-electron chi connectivity index (χ2n) is 8.52. The van der Waals surface area contributed by atoms with Crippen LogP contribution < -0.4 is 0 Å². The van der Waals surface area contributed by atoms with Gasteiger partial charge in [-0.1, -0.05) is 31.0 Å². The van der Waals surface area contributed by atoms with Gasteiger partial charge < -0.3 is 9.64 Å². The van der Waals surface area contributed by atoms with Crippen LogP contribution in [0.5, 0.6) is 0 Å². The summed E-state index contributed by atoms with van der Waals surface area (Å²) in [5, 5.41) is 0. The molecule has 1 saturated carbocycles. The van der Waals surface area contributed by atoms with Crippen LogP contribution >= 0.6 is 0 Å². The van der Waals surface area contributed by atoms with Crippen LogP contribution in [-0.2, 0) is 26.1 Å². The molecule has 0 unspecified atom stereocenters. The molecule has 1 aliphatic carbocycles. The molecule has 0 radical (unpaired) electrons. The van der Waals surface area contributed by atoms with E-state index in [4.69, 9.17) is 4.74 Å². The van der Waals surface area contributed by atoms with Crippen LogP contribution in [0.3, 0.4) is 0 Å². The highest BCUT2D eigenvalue weighted by Crippen LogP contribution is 2.27. The molecule has 34 heavy (non-hydrogen) atoms. The lowest BCUT2D eigenvalue weighted by molar-refractivity contribution is -0.128. The summed E-state index contributed by atoms with van der Waals surface area (Å²) in [5.41, 5.74) is 0.534. The molecule has 0 bridgehead atoms. The maximum absolute atomic E-state index is 14.2. The van der Waals surface area contributed by atoms with Gasteiger partial charge in [0.25, 0.3) is 0 Å². The lowest BCUT2D eigenvalue weighted by atomic mass is 10.1. The molecule has 1 heterocycles. The standard InChI is InChI=1S/C25H28F2N2O4S/c26-23-6-3-7-24(27)22(23)18-29(20-4-1-2-5-20)25(30)13-10-19-8-11-21(12-9-19)34(31,32)28-14-16-33-17-15-28/h3,6-13,20H,1-2,4-5,14-18H2/b13-10+. The third-order valence-corrected chi connectivity index (χ3v) is 8.26. The van der Waals surface area contributed by atoms with Crippen molar-refractivity contribution in [2.45, 2.75) is 43.2 Å². The summed E-state index contributed by atoms with van der Waals surface area (Å²) in [4.78, 5) is 14.8. The fraction of sp³-hybridized carbons (Fsp3) is 0.400. The zero-order chi connectivity index (χ0) is 24.1. The average molecular weight is 491 g/mol. The predicted molar refractivity (Wildman–Crippen MR) is 124 cm³/mol. The number of morpholine rings is 1. The SMILES string of the molecule is O=C(/C=C/c1ccc(S(=O)(=O)N2CCOCC2)cc1)N(Cc1c(F)cccc1F)C1CCCC1. The number of halogens is 2. The smallest absolute Gasteiger partial charge is 0.247 e. The Labute approximate surface area is 198 Å². The molecule has 1 aliphatic heterocycles. The molecule has 2 aliphatic rings. The average Bonchev–Trinajstić information content (AvgIpc) is 3.38. The molecule has 9 heteroatoms. The van der Waals surface area contributed by atoms with E-state index in [-0.39, 0.29) is 29.0 Å². The van der Waals surface area contributed by atoms with E-state index in [0.29, 0.717) is 31.9 Å². The van der Waals surface area contributed by atoms with E-state index in [0.717, 1.165) is 25.7 Å². The number of hydrogen-bond acceptors (Lipinski definition) is 4. The van der Waals surface area contributed by atoms with E-state index in [1.807, 2.05) is 0 Å². The van der Waals surface area contributed by atoms with E-state index in [9.17, 15) is 22.0 Å². The number of hydrogen-bond donors (Lipinski definition) is 0. The van der Waals surface area contributed by atoms with Crippen molar-refractivity contribution in [3.63, 3.8) is 0 Å². The fourth-order valence-electron chi connectivity index (χ4n) is 4.41. The van der Waals surface area contributed by atoms with Crippen LogP contribution in [0.2, 0.25) is 0 Å². The molecule has 1 saturated heterocycles. The van der Waals surface area contributed by atoms with Crippen LogP contribution in [0.25, 0.3) is 6.08 Å².